The molecular weight excluding hydrogens is 306 g/mol. The van der Waals surface area contributed by atoms with E-state index in [1.165, 1.54) is 0 Å². The molecule has 0 bridgehead atoms. The number of hydrogen-bond acceptors (Lipinski definition) is 5. The molecule has 126 valence electrons. The number of nitrogens with zero attached hydrogens (tertiary/aromatic N) is 2. The van der Waals surface area contributed by atoms with Crippen molar-refractivity contribution >= 4 is 17.4 Å². The van der Waals surface area contributed by atoms with Gasteiger partial charge in [-0.25, -0.2) is 4.98 Å². The standard InChI is InChI=1S/C18H21N3O3/c1-10-6-5-7-19-16(10)20-17(22)15-11(2)14-12(21-23)8-18(3,4)9-13(14)24-15/h5-7,23H,8-9H2,1-4H3,(H,19,20,22)/b21-12-. The van der Waals surface area contributed by atoms with Gasteiger partial charge < -0.3 is 14.9 Å². The van der Waals surface area contributed by atoms with Gasteiger partial charge in [-0.3, -0.25) is 4.79 Å². The van der Waals surface area contributed by atoms with E-state index in [9.17, 15) is 10.0 Å². The molecule has 0 radical (unpaired) electrons. The lowest BCUT2D eigenvalue weighted by molar-refractivity contribution is 0.0992. The summed E-state index contributed by atoms with van der Waals surface area (Å²) in [5.74, 6) is 1.09. The Balaban J connectivity index is 1.98. The number of anilines is 1. The van der Waals surface area contributed by atoms with Crippen molar-refractivity contribution in [2.45, 2.75) is 40.5 Å². The molecule has 0 saturated carbocycles. The molecule has 0 fully saturated rings. The molecule has 0 unspecified atom stereocenters. The molecule has 1 aliphatic carbocycles. The van der Waals surface area contributed by atoms with Crippen LogP contribution >= 0.6 is 0 Å². The first-order valence-electron chi connectivity index (χ1n) is 7.89. The molecule has 0 aliphatic heterocycles. The Morgan fingerprint density at radius 2 is 2.12 bits per heavy atom. The minimum Gasteiger partial charge on any atom is -0.455 e. The third kappa shape index (κ3) is 2.79. The summed E-state index contributed by atoms with van der Waals surface area (Å²) in [7, 11) is 0. The largest absolute Gasteiger partial charge is 0.455 e. The molecule has 0 saturated heterocycles. The Kier molecular flexibility index (Phi) is 3.91. The summed E-state index contributed by atoms with van der Waals surface area (Å²) in [6, 6.07) is 3.69. The molecule has 2 aromatic rings. The van der Waals surface area contributed by atoms with E-state index in [1.54, 1.807) is 6.20 Å². The predicted molar refractivity (Wildman–Crippen MR) is 90.8 cm³/mol. The molecule has 1 amide bonds. The van der Waals surface area contributed by atoms with Gasteiger partial charge in [0.25, 0.3) is 5.91 Å². The van der Waals surface area contributed by atoms with Crippen molar-refractivity contribution in [2.24, 2.45) is 10.6 Å². The number of aryl methyl sites for hydroxylation is 1. The first-order chi connectivity index (χ1) is 11.3. The van der Waals surface area contributed by atoms with E-state index in [4.69, 9.17) is 4.42 Å². The van der Waals surface area contributed by atoms with Crippen LogP contribution < -0.4 is 5.32 Å². The first-order valence-corrected chi connectivity index (χ1v) is 7.89. The Labute approximate surface area is 140 Å². The third-order valence-electron chi connectivity index (χ3n) is 4.36. The maximum Gasteiger partial charge on any atom is 0.292 e. The first kappa shape index (κ1) is 16.2. The van der Waals surface area contributed by atoms with Crippen LogP contribution in [0.3, 0.4) is 0 Å². The number of rotatable bonds is 2. The highest BCUT2D eigenvalue weighted by molar-refractivity contribution is 6.09. The van der Waals surface area contributed by atoms with Crippen LogP contribution in [0, 0.1) is 19.3 Å². The van der Waals surface area contributed by atoms with Crippen LogP contribution in [0.4, 0.5) is 5.82 Å². The smallest absolute Gasteiger partial charge is 0.292 e. The molecule has 2 aromatic heterocycles. The Hall–Kier alpha value is -2.63. The van der Waals surface area contributed by atoms with E-state index in [2.05, 4.69) is 29.3 Å². The molecule has 3 rings (SSSR count). The average Bonchev–Trinajstić information content (AvgIpc) is 2.84. The monoisotopic (exact) mass is 327 g/mol. The van der Waals surface area contributed by atoms with Crippen LogP contribution in [0.2, 0.25) is 0 Å². The fourth-order valence-electron chi connectivity index (χ4n) is 3.20. The molecule has 0 atom stereocenters. The number of carbonyl (C=O) groups excluding carboxylic acids is 1. The van der Waals surface area contributed by atoms with Gasteiger partial charge in [-0.05, 0) is 37.3 Å². The highest BCUT2D eigenvalue weighted by atomic mass is 16.4. The van der Waals surface area contributed by atoms with Crippen LogP contribution in [0.1, 0.15) is 53.3 Å². The number of oxime groups is 1. The summed E-state index contributed by atoms with van der Waals surface area (Å²) < 4.78 is 5.85. The molecule has 0 spiro atoms. The minimum atomic E-state index is -0.348. The van der Waals surface area contributed by atoms with Crippen molar-refractivity contribution < 1.29 is 14.4 Å². The predicted octanol–water partition coefficient (Wildman–Crippen LogP) is 3.69. The highest BCUT2D eigenvalue weighted by Gasteiger charge is 2.36. The number of aromatic nitrogens is 1. The van der Waals surface area contributed by atoms with Gasteiger partial charge >= 0.3 is 0 Å². The molecule has 1 aliphatic rings. The van der Waals surface area contributed by atoms with Crippen molar-refractivity contribution in [2.75, 3.05) is 5.32 Å². The average molecular weight is 327 g/mol. The lowest BCUT2D eigenvalue weighted by atomic mass is 9.75. The topological polar surface area (TPSA) is 87.7 Å². The fraction of sp³-hybridized carbons (Fsp3) is 0.389. The fourth-order valence-corrected chi connectivity index (χ4v) is 3.20. The summed E-state index contributed by atoms with van der Waals surface area (Å²) >= 11 is 0. The maximum absolute atomic E-state index is 12.6. The van der Waals surface area contributed by atoms with E-state index < -0.39 is 0 Å². The zero-order valence-electron chi connectivity index (χ0n) is 14.3. The SMILES string of the molecule is Cc1cccnc1NC(=O)c1oc2c(c1C)/C(=N\O)CC(C)(C)C2. The van der Waals surface area contributed by atoms with Gasteiger partial charge in [0, 0.05) is 23.7 Å². The van der Waals surface area contributed by atoms with Gasteiger partial charge in [-0.1, -0.05) is 25.1 Å². The van der Waals surface area contributed by atoms with Crippen molar-refractivity contribution in [1.82, 2.24) is 4.98 Å². The normalized spacial score (nSPS) is 17.6. The zero-order chi connectivity index (χ0) is 17.5. The summed E-state index contributed by atoms with van der Waals surface area (Å²) in [6.45, 7) is 7.85. The van der Waals surface area contributed by atoms with Gasteiger partial charge in [0.15, 0.2) is 5.76 Å². The van der Waals surface area contributed by atoms with Crippen molar-refractivity contribution in [3.8, 4) is 0 Å². The molecule has 6 nitrogen and oxygen atoms in total. The van der Waals surface area contributed by atoms with Crippen LogP contribution in [0.15, 0.2) is 27.9 Å². The molecule has 2 N–H and O–H groups in total. The number of nitrogens with one attached hydrogen (secondary N) is 1. The summed E-state index contributed by atoms with van der Waals surface area (Å²) in [6.07, 6.45) is 2.96. The van der Waals surface area contributed by atoms with Crippen molar-refractivity contribution in [3.63, 3.8) is 0 Å². The van der Waals surface area contributed by atoms with E-state index in [0.29, 0.717) is 35.7 Å². The number of amides is 1. The van der Waals surface area contributed by atoms with Crippen LogP contribution in [0.25, 0.3) is 0 Å². The molecule has 24 heavy (non-hydrogen) atoms. The van der Waals surface area contributed by atoms with Gasteiger partial charge in [-0.2, -0.15) is 0 Å². The van der Waals surface area contributed by atoms with Crippen LogP contribution in [-0.4, -0.2) is 21.8 Å². The lowest BCUT2D eigenvalue weighted by Crippen LogP contribution is -2.27. The minimum absolute atomic E-state index is 0.0792. The number of pyridine rings is 1. The van der Waals surface area contributed by atoms with Crippen molar-refractivity contribution in [3.05, 3.63) is 46.5 Å². The van der Waals surface area contributed by atoms with E-state index in [1.807, 2.05) is 26.0 Å². The second-order valence-electron chi connectivity index (χ2n) is 7.04. The maximum atomic E-state index is 12.6. The second-order valence-corrected chi connectivity index (χ2v) is 7.04. The third-order valence-corrected chi connectivity index (χ3v) is 4.36. The van der Waals surface area contributed by atoms with Crippen LogP contribution in [-0.2, 0) is 6.42 Å². The molecule has 2 heterocycles. The Morgan fingerprint density at radius 3 is 2.79 bits per heavy atom. The summed E-state index contributed by atoms with van der Waals surface area (Å²) in [5.41, 5.74) is 2.80. The molecule has 6 heteroatoms. The van der Waals surface area contributed by atoms with E-state index in [0.717, 1.165) is 11.1 Å². The van der Waals surface area contributed by atoms with Gasteiger partial charge in [0.1, 0.15) is 11.6 Å². The zero-order valence-corrected chi connectivity index (χ0v) is 14.3. The lowest BCUT2D eigenvalue weighted by Gasteiger charge is -2.28. The molecular formula is C18H21N3O3. The summed E-state index contributed by atoms with van der Waals surface area (Å²) in [5, 5.41) is 15.6. The quantitative estimate of drug-likeness (QED) is 0.650. The number of fused-ring (bicyclic) bond motifs is 1. The highest BCUT2D eigenvalue weighted by Crippen LogP contribution is 2.38. The number of furan rings is 1. The van der Waals surface area contributed by atoms with Gasteiger partial charge in [0.05, 0.1) is 5.71 Å². The Bertz CT molecular complexity index is 834. The second kappa shape index (κ2) is 5.78. The van der Waals surface area contributed by atoms with Crippen molar-refractivity contribution in [1.29, 1.82) is 0 Å². The Morgan fingerprint density at radius 1 is 1.38 bits per heavy atom. The van der Waals surface area contributed by atoms with Gasteiger partial charge in [0.2, 0.25) is 0 Å². The van der Waals surface area contributed by atoms with E-state index in [-0.39, 0.29) is 17.1 Å². The molecule has 0 aromatic carbocycles. The number of hydrogen-bond donors (Lipinski definition) is 2. The number of carbonyl (C=O) groups is 1. The van der Waals surface area contributed by atoms with Gasteiger partial charge in [-0.15, -0.1) is 0 Å². The van der Waals surface area contributed by atoms with Crippen LogP contribution in [0.5, 0.6) is 0 Å². The summed E-state index contributed by atoms with van der Waals surface area (Å²) in [4.78, 5) is 16.8. The van der Waals surface area contributed by atoms with E-state index >= 15 is 0 Å².